The Morgan fingerprint density at radius 2 is 1.84 bits per heavy atom. The molecule has 1 saturated carbocycles. The fraction of sp³-hybridized carbons (Fsp3) is 1.00. The van der Waals surface area contributed by atoms with E-state index in [1.165, 1.54) is 38.5 Å². The van der Waals surface area contributed by atoms with Crippen LogP contribution in [0.3, 0.4) is 0 Å². The van der Waals surface area contributed by atoms with Gasteiger partial charge in [-0.1, -0.05) is 20.8 Å². The van der Waals surface area contributed by atoms with Crippen LogP contribution in [0.5, 0.6) is 0 Å². The Labute approximate surface area is 124 Å². The van der Waals surface area contributed by atoms with Crippen LogP contribution in [0.1, 0.15) is 73.1 Å². The zero-order chi connectivity index (χ0) is 14.3. The zero-order valence-electron chi connectivity index (χ0n) is 13.3. The molecular weight excluding hydrogens is 256 g/mol. The Hall–Kier alpha value is 0.250. The van der Waals surface area contributed by atoms with E-state index in [4.69, 9.17) is 16.3 Å². The number of alkyl halides is 1. The largest absolute Gasteiger partial charge is 0.372 e. The minimum Gasteiger partial charge on any atom is -0.372 e. The van der Waals surface area contributed by atoms with Crippen LogP contribution >= 0.6 is 11.6 Å². The Morgan fingerprint density at radius 1 is 1.16 bits per heavy atom. The third-order valence-electron chi connectivity index (χ3n) is 5.23. The van der Waals surface area contributed by atoms with Crippen molar-refractivity contribution in [3.8, 4) is 0 Å². The van der Waals surface area contributed by atoms with Gasteiger partial charge in [0.15, 0.2) is 0 Å². The number of rotatable bonds is 2. The van der Waals surface area contributed by atoms with Gasteiger partial charge in [0.25, 0.3) is 0 Å². The average molecular weight is 287 g/mol. The van der Waals surface area contributed by atoms with Crippen LogP contribution in [-0.4, -0.2) is 17.1 Å². The van der Waals surface area contributed by atoms with Gasteiger partial charge in [-0.15, -0.1) is 11.6 Å². The summed E-state index contributed by atoms with van der Waals surface area (Å²) in [5, 5.41) is 0.367. The first kappa shape index (κ1) is 15.6. The van der Waals surface area contributed by atoms with E-state index in [0.29, 0.717) is 22.8 Å². The second kappa shape index (κ2) is 5.56. The van der Waals surface area contributed by atoms with Crippen LogP contribution in [0.25, 0.3) is 0 Å². The Kier molecular flexibility index (Phi) is 4.58. The van der Waals surface area contributed by atoms with Gasteiger partial charge in [-0.3, -0.25) is 0 Å². The summed E-state index contributed by atoms with van der Waals surface area (Å²) >= 11 is 6.59. The van der Waals surface area contributed by atoms with Gasteiger partial charge in [-0.25, -0.2) is 0 Å². The number of halogens is 1. The minimum absolute atomic E-state index is 0.0879. The van der Waals surface area contributed by atoms with Gasteiger partial charge in [-0.2, -0.15) is 0 Å². The fourth-order valence-electron chi connectivity index (χ4n) is 3.84. The number of ether oxygens (including phenoxy) is 1. The van der Waals surface area contributed by atoms with Gasteiger partial charge in [-0.05, 0) is 69.6 Å². The molecule has 1 nitrogen and oxygen atoms in total. The highest BCUT2D eigenvalue weighted by molar-refractivity contribution is 6.20. The van der Waals surface area contributed by atoms with Crippen molar-refractivity contribution in [3.63, 3.8) is 0 Å². The second-order valence-electron chi connectivity index (χ2n) is 8.43. The molecule has 0 aromatic rings. The van der Waals surface area contributed by atoms with Crippen LogP contribution in [0.4, 0.5) is 0 Å². The third-order valence-corrected chi connectivity index (χ3v) is 5.81. The van der Waals surface area contributed by atoms with E-state index < -0.39 is 0 Å². The molecule has 112 valence electrons. The monoisotopic (exact) mass is 286 g/mol. The van der Waals surface area contributed by atoms with Crippen molar-refractivity contribution in [1.82, 2.24) is 0 Å². The molecule has 4 unspecified atom stereocenters. The molecule has 4 atom stereocenters. The first-order valence-corrected chi connectivity index (χ1v) is 8.43. The molecule has 2 rings (SSSR count). The fourth-order valence-corrected chi connectivity index (χ4v) is 4.17. The van der Waals surface area contributed by atoms with Gasteiger partial charge in [0.05, 0.1) is 11.7 Å². The van der Waals surface area contributed by atoms with E-state index in [0.717, 1.165) is 5.92 Å². The molecule has 1 aliphatic carbocycles. The van der Waals surface area contributed by atoms with Crippen LogP contribution in [-0.2, 0) is 4.74 Å². The molecule has 2 aliphatic rings. The van der Waals surface area contributed by atoms with Crippen LogP contribution in [0.15, 0.2) is 0 Å². The van der Waals surface area contributed by atoms with Crippen LogP contribution in [0, 0.1) is 17.3 Å². The second-order valence-corrected chi connectivity index (χ2v) is 8.99. The van der Waals surface area contributed by atoms with Gasteiger partial charge in [0.1, 0.15) is 0 Å². The molecule has 0 spiro atoms. The zero-order valence-corrected chi connectivity index (χ0v) is 14.1. The van der Waals surface area contributed by atoms with E-state index in [1.807, 2.05) is 0 Å². The lowest BCUT2D eigenvalue weighted by molar-refractivity contribution is -0.0294. The van der Waals surface area contributed by atoms with Gasteiger partial charge in [0.2, 0.25) is 0 Å². The van der Waals surface area contributed by atoms with Crippen molar-refractivity contribution < 1.29 is 4.74 Å². The predicted molar refractivity (Wildman–Crippen MR) is 82.7 cm³/mol. The summed E-state index contributed by atoms with van der Waals surface area (Å²) in [5.41, 5.74) is 0.510. The SMILES string of the molecule is CC1(C)CCC(CC2CC(C(C)(C)C)CCC2Cl)O1. The van der Waals surface area contributed by atoms with Crippen molar-refractivity contribution in [2.24, 2.45) is 17.3 Å². The van der Waals surface area contributed by atoms with E-state index in [-0.39, 0.29) is 5.60 Å². The number of hydrogen-bond donors (Lipinski definition) is 0. The van der Waals surface area contributed by atoms with E-state index in [2.05, 4.69) is 34.6 Å². The maximum atomic E-state index is 6.59. The van der Waals surface area contributed by atoms with Gasteiger partial charge >= 0.3 is 0 Å². The first-order valence-electron chi connectivity index (χ1n) is 7.99. The summed E-state index contributed by atoms with van der Waals surface area (Å²) in [4.78, 5) is 0. The summed E-state index contributed by atoms with van der Waals surface area (Å²) in [6.07, 6.45) is 7.80. The lowest BCUT2D eigenvalue weighted by atomic mass is 9.68. The molecule has 19 heavy (non-hydrogen) atoms. The average Bonchev–Trinajstić information content (AvgIpc) is 2.60. The highest BCUT2D eigenvalue weighted by Gasteiger charge is 2.39. The lowest BCUT2D eigenvalue weighted by Gasteiger charge is -2.40. The van der Waals surface area contributed by atoms with Crippen LogP contribution in [0.2, 0.25) is 0 Å². The third kappa shape index (κ3) is 4.11. The van der Waals surface area contributed by atoms with Crippen molar-refractivity contribution in [2.45, 2.75) is 90.2 Å². The molecule has 1 heterocycles. The molecule has 2 heteroatoms. The Balaban J connectivity index is 1.91. The quantitative estimate of drug-likeness (QED) is 0.617. The maximum absolute atomic E-state index is 6.59. The molecule has 0 aromatic carbocycles. The molecule has 0 aromatic heterocycles. The van der Waals surface area contributed by atoms with Crippen LogP contribution < -0.4 is 0 Å². The van der Waals surface area contributed by atoms with Crippen molar-refractivity contribution >= 4 is 11.6 Å². The summed E-state index contributed by atoms with van der Waals surface area (Å²) in [7, 11) is 0. The van der Waals surface area contributed by atoms with Gasteiger partial charge in [0, 0.05) is 5.38 Å². The standard InChI is InChI=1S/C17H31ClO/c1-16(2,3)13-6-7-15(18)12(10-13)11-14-8-9-17(4,5)19-14/h12-15H,6-11H2,1-5H3. The Morgan fingerprint density at radius 3 is 2.37 bits per heavy atom. The summed E-state index contributed by atoms with van der Waals surface area (Å²) in [6.45, 7) is 11.5. The molecule has 0 bridgehead atoms. The molecule has 2 fully saturated rings. The summed E-state index contributed by atoms with van der Waals surface area (Å²) < 4.78 is 6.16. The van der Waals surface area contributed by atoms with Gasteiger partial charge < -0.3 is 4.74 Å². The van der Waals surface area contributed by atoms with Crippen molar-refractivity contribution in [2.75, 3.05) is 0 Å². The lowest BCUT2D eigenvalue weighted by Crippen LogP contribution is -2.34. The number of hydrogen-bond acceptors (Lipinski definition) is 1. The normalized spacial score (nSPS) is 39.5. The smallest absolute Gasteiger partial charge is 0.0631 e. The molecule has 1 saturated heterocycles. The minimum atomic E-state index is 0.0879. The predicted octanol–water partition coefficient (Wildman–Crippen LogP) is 5.40. The van der Waals surface area contributed by atoms with E-state index in [1.54, 1.807) is 0 Å². The first-order chi connectivity index (χ1) is 8.67. The molecular formula is C17H31ClO. The maximum Gasteiger partial charge on any atom is 0.0631 e. The summed E-state index contributed by atoms with van der Waals surface area (Å²) in [5.74, 6) is 1.47. The van der Waals surface area contributed by atoms with E-state index in [9.17, 15) is 0 Å². The Bertz CT molecular complexity index is 305. The van der Waals surface area contributed by atoms with Crippen molar-refractivity contribution in [1.29, 1.82) is 0 Å². The topological polar surface area (TPSA) is 9.23 Å². The molecule has 0 radical (unpaired) electrons. The highest BCUT2D eigenvalue weighted by atomic mass is 35.5. The van der Waals surface area contributed by atoms with Crippen molar-refractivity contribution in [3.05, 3.63) is 0 Å². The molecule has 0 N–H and O–H groups in total. The highest BCUT2D eigenvalue weighted by Crippen LogP contribution is 2.45. The molecule has 0 amide bonds. The van der Waals surface area contributed by atoms with E-state index >= 15 is 0 Å². The summed E-state index contributed by atoms with van der Waals surface area (Å²) in [6, 6.07) is 0. The molecule has 1 aliphatic heterocycles.